The summed E-state index contributed by atoms with van der Waals surface area (Å²) in [5.41, 5.74) is -2.14. The van der Waals surface area contributed by atoms with E-state index in [0.717, 1.165) is 13.2 Å². The predicted molar refractivity (Wildman–Crippen MR) is 78.7 cm³/mol. The average Bonchev–Trinajstić information content (AvgIpc) is 2.50. The summed E-state index contributed by atoms with van der Waals surface area (Å²) in [5, 5.41) is 0. The molecular formula is C16H18F3NO4. The van der Waals surface area contributed by atoms with Gasteiger partial charge in [-0.1, -0.05) is 6.92 Å². The Kier molecular flexibility index (Phi) is 4.89. The van der Waals surface area contributed by atoms with E-state index in [1.165, 1.54) is 18.0 Å². The zero-order valence-electron chi connectivity index (χ0n) is 13.6. The van der Waals surface area contributed by atoms with Gasteiger partial charge < -0.3 is 14.4 Å². The van der Waals surface area contributed by atoms with Crippen LogP contribution in [-0.2, 0) is 15.7 Å². The molecule has 1 heterocycles. The van der Waals surface area contributed by atoms with Crippen molar-refractivity contribution < 1.29 is 32.2 Å². The lowest BCUT2D eigenvalue weighted by atomic mass is 9.88. The maximum atomic E-state index is 13.2. The van der Waals surface area contributed by atoms with E-state index in [1.807, 2.05) is 6.92 Å². The Balaban J connectivity index is 2.30. The Morgan fingerprint density at radius 1 is 1.33 bits per heavy atom. The van der Waals surface area contributed by atoms with Gasteiger partial charge in [-0.2, -0.15) is 13.2 Å². The van der Waals surface area contributed by atoms with Crippen LogP contribution in [0.25, 0.3) is 0 Å². The summed E-state index contributed by atoms with van der Waals surface area (Å²) < 4.78 is 49.0. The number of methoxy groups -OCH3 is 1. The first-order valence-electron chi connectivity index (χ1n) is 7.20. The molecular weight excluding hydrogens is 327 g/mol. The number of rotatable bonds is 4. The van der Waals surface area contributed by atoms with Crippen molar-refractivity contribution in [2.45, 2.75) is 13.1 Å². The molecule has 1 saturated heterocycles. The van der Waals surface area contributed by atoms with Gasteiger partial charge in [0, 0.05) is 24.6 Å². The molecule has 0 aromatic heterocycles. The van der Waals surface area contributed by atoms with Crippen LogP contribution in [0.2, 0.25) is 0 Å². The molecule has 0 bridgehead atoms. The zero-order chi connectivity index (χ0) is 18.1. The third-order valence-electron chi connectivity index (χ3n) is 3.84. The van der Waals surface area contributed by atoms with Crippen LogP contribution in [0.1, 0.15) is 33.2 Å². The lowest BCUT2D eigenvalue weighted by molar-refractivity contribution is -0.138. The Morgan fingerprint density at radius 2 is 1.96 bits per heavy atom. The van der Waals surface area contributed by atoms with Crippen LogP contribution < -0.4 is 0 Å². The quantitative estimate of drug-likeness (QED) is 0.787. The Labute approximate surface area is 137 Å². The van der Waals surface area contributed by atoms with Gasteiger partial charge >= 0.3 is 12.1 Å². The van der Waals surface area contributed by atoms with Crippen LogP contribution in [0.5, 0.6) is 0 Å². The summed E-state index contributed by atoms with van der Waals surface area (Å²) in [4.78, 5) is 25.2. The van der Waals surface area contributed by atoms with Crippen LogP contribution in [0.15, 0.2) is 18.2 Å². The minimum Gasteiger partial charge on any atom is -0.465 e. The fraction of sp³-hybridized carbons (Fsp3) is 0.500. The summed E-state index contributed by atoms with van der Waals surface area (Å²) in [7, 11) is 2.52. The van der Waals surface area contributed by atoms with E-state index < -0.39 is 29.2 Å². The number of hydrogen-bond donors (Lipinski definition) is 0. The number of benzene rings is 1. The molecule has 0 spiro atoms. The molecule has 1 fully saturated rings. The van der Waals surface area contributed by atoms with Crippen molar-refractivity contribution in [2.75, 3.05) is 33.9 Å². The van der Waals surface area contributed by atoms with Gasteiger partial charge in [0.1, 0.15) is 0 Å². The molecule has 0 radical (unpaired) electrons. The third-order valence-corrected chi connectivity index (χ3v) is 3.84. The van der Waals surface area contributed by atoms with Crippen LogP contribution in [0.3, 0.4) is 0 Å². The lowest BCUT2D eigenvalue weighted by Crippen LogP contribution is -2.49. The molecule has 2 rings (SSSR count). The first kappa shape index (κ1) is 18.3. The van der Waals surface area contributed by atoms with E-state index in [-0.39, 0.29) is 11.0 Å². The van der Waals surface area contributed by atoms with Crippen molar-refractivity contribution in [3.05, 3.63) is 34.9 Å². The molecule has 1 amide bonds. The van der Waals surface area contributed by atoms with E-state index in [9.17, 15) is 22.8 Å². The average molecular weight is 345 g/mol. The number of amides is 1. The molecule has 5 nitrogen and oxygen atoms in total. The molecule has 0 aliphatic carbocycles. The van der Waals surface area contributed by atoms with Gasteiger partial charge in [0.2, 0.25) is 0 Å². The second kappa shape index (κ2) is 6.43. The van der Waals surface area contributed by atoms with E-state index in [0.29, 0.717) is 25.8 Å². The fourth-order valence-corrected chi connectivity index (χ4v) is 2.61. The SMILES string of the molecule is COC(=O)c1ccc(C(=O)N(C)CC2(C)COC2)cc1C(F)(F)F. The molecule has 132 valence electrons. The Hall–Kier alpha value is -2.09. The van der Waals surface area contributed by atoms with Gasteiger partial charge in [0.15, 0.2) is 0 Å². The Morgan fingerprint density at radius 3 is 2.42 bits per heavy atom. The van der Waals surface area contributed by atoms with Crippen molar-refractivity contribution >= 4 is 11.9 Å². The number of nitrogens with zero attached hydrogens (tertiary/aromatic N) is 1. The van der Waals surface area contributed by atoms with E-state index in [1.54, 1.807) is 0 Å². The maximum absolute atomic E-state index is 13.2. The number of carbonyl (C=O) groups is 2. The van der Waals surface area contributed by atoms with Crippen LogP contribution in [-0.4, -0.2) is 50.7 Å². The molecule has 1 aliphatic heterocycles. The molecule has 1 aliphatic rings. The number of alkyl halides is 3. The van der Waals surface area contributed by atoms with E-state index in [2.05, 4.69) is 4.74 Å². The molecule has 24 heavy (non-hydrogen) atoms. The van der Waals surface area contributed by atoms with Gasteiger partial charge in [-0.05, 0) is 18.2 Å². The summed E-state index contributed by atoms with van der Waals surface area (Å²) in [6.07, 6.45) is -4.77. The number of esters is 1. The monoisotopic (exact) mass is 345 g/mol. The topological polar surface area (TPSA) is 55.8 Å². The van der Waals surface area contributed by atoms with Gasteiger partial charge in [-0.3, -0.25) is 4.79 Å². The van der Waals surface area contributed by atoms with Crippen LogP contribution in [0, 0.1) is 5.41 Å². The number of ether oxygens (including phenoxy) is 2. The second-order valence-corrected chi connectivity index (χ2v) is 6.21. The highest BCUT2D eigenvalue weighted by Crippen LogP contribution is 2.34. The van der Waals surface area contributed by atoms with Gasteiger partial charge in [0.25, 0.3) is 5.91 Å². The number of hydrogen-bond acceptors (Lipinski definition) is 4. The van der Waals surface area contributed by atoms with Gasteiger partial charge in [-0.15, -0.1) is 0 Å². The van der Waals surface area contributed by atoms with Crippen molar-refractivity contribution in [3.63, 3.8) is 0 Å². The van der Waals surface area contributed by atoms with E-state index in [4.69, 9.17) is 4.74 Å². The predicted octanol–water partition coefficient (Wildman–Crippen LogP) is 2.60. The maximum Gasteiger partial charge on any atom is 0.417 e. The highest BCUT2D eigenvalue weighted by Gasteiger charge is 2.38. The Bertz CT molecular complexity index is 653. The molecule has 0 unspecified atom stereocenters. The fourth-order valence-electron chi connectivity index (χ4n) is 2.61. The van der Waals surface area contributed by atoms with E-state index >= 15 is 0 Å². The first-order chi connectivity index (χ1) is 11.1. The standard InChI is InChI=1S/C16H18F3NO4/c1-15(8-24-9-15)7-20(2)13(21)10-4-5-11(14(22)23-3)12(6-10)16(17,18)19/h4-6H,7-9H2,1-3H3. The first-order valence-corrected chi connectivity index (χ1v) is 7.20. The molecule has 1 aromatic carbocycles. The highest BCUT2D eigenvalue weighted by molar-refractivity contribution is 5.97. The molecule has 1 aromatic rings. The largest absolute Gasteiger partial charge is 0.465 e. The summed E-state index contributed by atoms with van der Waals surface area (Å²) >= 11 is 0. The summed E-state index contributed by atoms with van der Waals surface area (Å²) in [5.74, 6) is -1.65. The number of halogens is 3. The molecule has 8 heteroatoms. The van der Waals surface area contributed by atoms with Gasteiger partial charge in [0.05, 0.1) is 31.5 Å². The highest BCUT2D eigenvalue weighted by atomic mass is 19.4. The normalized spacial score (nSPS) is 16.2. The summed E-state index contributed by atoms with van der Waals surface area (Å²) in [6, 6.07) is 2.84. The van der Waals surface area contributed by atoms with Crippen LogP contribution >= 0.6 is 0 Å². The van der Waals surface area contributed by atoms with Crippen molar-refractivity contribution in [1.82, 2.24) is 4.90 Å². The number of carbonyl (C=O) groups excluding carboxylic acids is 2. The van der Waals surface area contributed by atoms with Gasteiger partial charge in [-0.25, -0.2) is 4.79 Å². The van der Waals surface area contributed by atoms with Crippen molar-refractivity contribution in [1.29, 1.82) is 0 Å². The molecule has 0 N–H and O–H groups in total. The minimum absolute atomic E-state index is 0.138. The van der Waals surface area contributed by atoms with Crippen molar-refractivity contribution in [3.8, 4) is 0 Å². The van der Waals surface area contributed by atoms with Crippen molar-refractivity contribution in [2.24, 2.45) is 5.41 Å². The molecule has 0 saturated carbocycles. The van der Waals surface area contributed by atoms with Crippen LogP contribution in [0.4, 0.5) is 13.2 Å². The summed E-state index contributed by atoms with van der Waals surface area (Å²) in [6.45, 7) is 3.30. The molecule has 0 atom stereocenters. The third kappa shape index (κ3) is 3.69. The lowest BCUT2D eigenvalue weighted by Gasteiger charge is -2.40. The minimum atomic E-state index is -4.77. The second-order valence-electron chi connectivity index (χ2n) is 6.21. The zero-order valence-corrected chi connectivity index (χ0v) is 13.6. The smallest absolute Gasteiger partial charge is 0.417 e.